The van der Waals surface area contributed by atoms with E-state index in [0.717, 1.165) is 49.0 Å². The number of sulfone groups is 1. The van der Waals surface area contributed by atoms with Gasteiger partial charge >= 0.3 is 6.09 Å². The van der Waals surface area contributed by atoms with Crippen molar-refractivity contribution < 1.29 is 27.5 Å². The molecule has 2 amide bonds. The van der Waals surface area contributed by atoms with Gasteiger partial charge in [0.2, 0.25) is 0 Å². The highest BCUT2D eigenvalue weighted by atomic mass is 32.2. The zero-order valence-electron chi connectivity index (χ0n) is 20.4. The van der Waals surface area contributed by atoms with Gasteiger partial charge in [-0.1, -0.05) is 0 Å². The molecule has 10 nitrogen and oxygen atoms in total. The Balaban J connectivity index is 1.70. The molecule has 0 radical (unpaired) electrons. The van der Waals surface area contributed by atoms with Crippen LogP contribution < -0.4 is 9.64 Å². The number of methoxy groups -OCH3 is 1. The minimum atomic E-state index is -3.12. The minimum Gasteiger partial charge on any atom is -0.483 e. The largest absolute Gasteiger partial charge is 0.483 e. The highest BCUT2D eigenvalue weighted by Gasteiger charge is 2.32. The van der Waals surface area contributed by atoms with E-state index >= 15 is 0 Å². The molecule has 1 aromatic heterocycles. The van der Waals surface area contributed by atoms with Crippen LogP contribution in [0.1, 0.15) is 31.7 Å². The molecule has 0 spiro atoms. The molecule has 1 aromatic carbocycles. The maximum atomic E-state index is 12.7. The normalized spacial score (nSPS) is 17.9. The van der Waals surface area contributed by atoms with Crippen molar-refractivity contribution in [1.82, 2.24) is 14.7 Å². The number of carbonyl (C=O) groups excluding carboxylic acids is 2. The number of likely N-dealkylation sites (tertiary alicyclic amines) is 1. The summed E-state index contributed by atoms with van der Waals surface area (Å²) < 4.78 is 35.9. The Bertz CT molecular complexity index is 1200. The molecule has 2 aliphatic heterocycles. The van der Waals surface area contributed by atoms with Crippen LogP contribution in [0.15, 0.2) is 24.5 Å². The van der Waals surface area contributed by atoms with Crippen LogP contribution in [0.2, 0.25) is 0 Å². The van der Waals surface area contributed by atoms with E-state index in [1.807, 2.05) is 19.1 Å². The van der Waals surface area contributed by atoms with Crippen molar-refractivity contribution in [3.05, 3.63) is 30.1 Å². The van der Waals surface area contributed by atoms with Crippen LogP contribution in [0.4, 0.5) is 10.5 Å². The summed E-state index contributed by atoms with van der Waals surface area (Å²) >= 11 is 0. The number of hydrogen-bond donors (Lipinski definition) is 0. The molecule has 35 heavy (non-hydrogen) atoms. The Morgan fingerprint density at radius 1 is 1.20 bits per heavy atom. The molecule has 0 saturated carbocycles. The predicted molar refractivity (Wildman–Crippen MR) is 131 cm³/mol. The summed E-state index contributed by atoms with van der Waals surface area (Å²) in [7, 11) is -1.77. The molecule has 11 heteroatoms. The van der Waals surface area contributed by atoms with E-state index in [4.69, 9.17) is 9.47 Å². The van der Waals surface area contributed by atoms with Crippen molar-refractivity contribution in [3.63, 3.8) is 0 Å². The highest BCUT2D eigenvalue weighted by Crippen LogP contribution is 2.43. The third-order valence-electron chi connectivity index (χ3n) is 6.55. The lowest BCUT2D eigenvalue weighted by atomic mass is 9.92. The van der Waals surface area contributed by atoms with E-state index in [2.05, 4.69) is 5.10 Å². The van der Waals surface area contributed by atoms with Crippen LogP contribution in [0.25, 0.3) is 11.1 Å². The van der Waals surface area contributed by atoms with E-state index in [9.17, 15) is 18.0 Å². The van der Waals surface area contributed by atoms with Gasteiger partial charge in [-0.25, -0.2) is 13.2 Å². The summed E-state index contributed by atoms with van der Waals surface area (Å²) in [5.41, 5.74) is 3.02. The molecule has 0 unspecified atom stereocenters. The summed E-state index contributed by atoms with van der Waals surface area (Å²) in [6.07, 6.45) is 7.56. The average molecular weight is 505 g/mol. The number of carbonyl (C=O) groups is 2. The number of nitrogens with zero attached hydrogens (tertiary/aromatic N) is 4. The van der Waals surface area contributed by atoms with Gasteiger partial charge in [-0.05, 0) is 44.7 Å². The SMILES string of the molecule is COC(=O)N1c2ccc(-c3cnn(CCS(C)(=O)=O)c3)c(OCC(=O)N3CCCC3)c2CC[C@@H]1C. The molecule has 0 aliphatic carbocycles. The molecule has 1 fully saturated rings. The summed E-state index contributed by atoms with van der Waals surface area (Å²) in [5, 5.41) is 4.31. The smallest absolute Gasteiger partial charge is 0.414 e. The molecule has 0 bridgehead atoms. The lowest BCUT2D eigenvalue weighted by Gasteiger charge is -2.35. The number of aromatic nitrogens is 2. The van der Waals surface area contributed by atoms with Gasteiger partial charge in [0.15, 0.2) is 6.61 Å². The fraction of sp³-hybridized carbons (Fsp3) is 0.542. The average Bonchev–Trinajstić information content (AvgIpc) is 3.52. The topological polar surface area (TPSA) is 111 Å². The number of aryl methyl sites for hydroxylation is 1. The molecule has 190 valence electrons. The molecule has 1 atom stereocenters. The van der Waals surface area contributed by atoms with Crippen molar-refractivity contribution in [2.45, 2.75) is 45.2 Å². The molecular weight excluding hydrogens is 472 g/mol. The Labute approximate surface area is 205 Å². The molecule has 4 rings (SSSR count). The first kappa shape index (κ1) is 25.0. The molecule has 2 aliphatic rings. The maximum Gasteiger partial charge on any atom is 0.414 e. The van der Waals surface area contributed by atoms with E-state index < -0.39 is 15.9 Å². The second-order valence-electron chi connectivity index (χ2n) is 9.17. The van der Waals surface area contributed by atoms with E-state index in [1.165, 1.54) is 13.4 Å². The van der Waals surface area contributed by atoms with Crippen molar-refractivity contribution in [2.75, 3.05) is 43.7 Å². The zero-order valence-corrected chi connectivity index (χ0v) is 21.2. The number of fused-ring (bicyclic) bond motifs is 1. The van der Waals surface area contributed by atoms with Crippen LogP contribution >= 0.6 is 0 Å². The summed E-state index contributed by atoms with van der Waals surface area (Å²) in [4.78, 5) is 28.7. The van der Waals surface area contributed by atoms with Crippen molar-refractivity contribution in [1.29, 1.82) is 0 Å². The Kier molecular flexibility index (Phi) is 7.34. The Hall–Kier alpha value is -3.08. The molecule has 2 aromatic rings. The van der Waals surface area contributed by atoms with Crippen molar-refractivity contribution >= 4 is 27.5 Å². The van der Waals surface area contributed by atoms with Gasteiger partial charge in [-0.2, -0.15) is 5.10 Å². The van der Waals surface area contributed by atoms with Crippen LogP contribution in [0.3, 0.4) is 0 Å². The van der Waals surface area contributed by atoms with Crippen LogP contribution in [-0.4, -0.2) is 80.0 Å². The fourth-order valence-electron chi connectivity index (χ4n) is 4.65. The zero-order chi connectivity index (χ0) is 25.2. The third-order valence-corrected chi connectivity index (χ3v) is 7.48. The summed E-state index contributed by atoms with van der Waals surface area (Å²) in [6, 6.07) is 3.67. The standard InChI is InChI=1S/C24H32N4O6S/c1-17-6-7-20-21(28(17)24(30)33-2)9-8-19(18-14-25-27(15-18)12-13-35(3,31)32)23(20)34-16-22(29)26-10-4-5-11-26/h8-9,14-15,17H,4-7,10-13,16H2,1-3H3/t17-/m0/s1. The second kappa shape index (κ2) is 10.3. The number of rotatable bonds is 7. The van der Waals surface area contributed by atoms with Gasteiger partial charge in [0.25, 0.3) is 5.91 Å². The molecular formula is C24H32N4O6S. The van der Waals surface area contributed by atoms with Crippen LogP contribution in [0, 0.1) is 0 Å². The molecule has 1 saturated heterocycles. The first-order valence-electron chi connectivity index (χ1n) is 11.8. The lowest BCUT2D eigenvalue weighted by molar-refractivity contribution is -0.132. The van der Waals surface area contributed by atoms with Gasteiger partial charge in [0, 0.05) is 48.3 Å². The van der Waals surface area contributed by atoms with Gasteiger partial charge in [-0.3, -0.25) is 14.4 Å². The molecule has 3 heterocycles. The van der Waals surface area contributed by atoms with Crippen LogP contribution in [0.5, 0.6) is 5.75 Å². The summed E-state index contributed by atoms with van der Waals surface area (Å²) in [5.74, 6) is 0.459. The van der Waals surface area contributed by atoms with Gasteiger partial charge < -0.3 is 14.4 Å². The monoisotopic (exact) mass is 504 g/mol. The second-order valence-corrected chi connectivity index (χ2v) is 11.4. The van der Waals surface area contributed by atoms with E-state index in [-0.39, 0.29) is 30.9 Å². The van der Waals surface area contributed by atoms with E-state index in [1.54, 1.807) is 26.9 Å². The van der Waals surface area contributed by atoms with Gasteiger partial charge in [-0.15, -0.1) is 0 Å². The van der Waals surface area contributed by atoms with Crippen molar-refractivity contribution in [3.8, 4) is 16.9 Å². The third kappa shape index (κ3) is 5.61. The van der Waals surface area contributed by atoms with E-state index in [0.29, 0.717) is 17.9 Å². The van der Waals surface area contributed by atoms with Gasteiger partial charge in [0.1, 0.15) is 15.6 Å². The number of hydrogen-bond acceptors (Lipinski definition) is 7. The maximum absolute atomic E-state index is 12.7. The lowest BCUT2D eigenvalue weighted by Crippen LogP contribution is -2.42. The predicted octanol–water partition coefficient (Wildman–Crippen LogP) is 2.50. The first-order chi connectivity index (χ1) is 16.7. The highest BCUT2D eigenvalue weighted by molar-refractivity contribution is 7.90. The number of amides is 2. The minimum absolute atomic E-state index is 0.0159. The van der Waals surface area contributed by atoms with Crippen LogP contribution in [-0.2, 0) is 32.3 Å². The summed E-state index contributed by atoms with van der Waals surface area (Å²) in [6.45, 7) is 3.59. The number of anilines is 1. The van der Waals surface area contributed by atoms with Gasteiger partial charge in [0.05, 0.1) is 31.3 Å². The Morgan fingerprint density at radius 3 is 2.63 bits per heavy atom. The quantitative estimate of drug-likeness (QED) is 0.570. The Morgan fingerprint density at radius 2 is 1.94 bits per heavy atom. The fourth-order valence-corrected chi connectivity index (χ4v) is 5.17. The van der Waals surface area contributed by atoms with Crippen molar-refractivity contribution in [2.24, 2.45) is 0 Å². The molecule has 0 N–H and O–H groups in total. The number of benzene rings is 1. The number of ether oxygens (including phenoxy) is 2. The first-order valence-corrected chi connectivity index (χ1v) is 13.9.